The normalized spacial score (nSPS) is 22.8. The molecule has 8 nitrogen and oxygen atoms in total. The number of nitrogens with two attached hydrogens (primary N) is 1. The summed E-state index contributed by atoms with van der Waals surface area (Å²) in [4.78, 5) is 20.0. The standard InChI is InChI=1S/C24H32FN5O3S/c1-15-12-24(3,4)30(13-15)22-19(23(31)28-34(32,33)29-10-9-18(26)14-29)7-8-21(27-22)17-6-5-16(2)20(25)11-17/h5-8,11,15,18H,9-10,12-14,26H2,1-4H3,(H,28,31)/t15?,18-/m0/s1. The van der Waals surface area contributed by atoms with Crippen LogP contribution in [0.25, 0.3) is 11.3 Å². The van der Waals surface area contributed by atoms with Crippen LogP contribution in [0.3, 0.4) is 0 Å². The number of hydrogen-bond acceptors (Lipinski definition) is 6. The second-order valence-corrected chi connectivity index (χ2v) is 11.8. The van der Waals surface area contributed by atoms with Crippen molar-refractivity contribution >= 4 is 21.9 Å². The van der Waals surface area contributed by atoms with E-state index in [9.17, 15) is 17.6 Å². The molecule has 0 bridgehead atoms. The molecule has 2 aliphatic rings. The minimum absolute atomic E-state index is 0.158. The van der Waals surface area contributed by atoms with E-state index in [0.29, 0.717) is 41.5 Å². The first-order valence-corrected chi connectivity index (χ1v) is 12.9. The molecule has 1 unspecified atom stereocenters. The number of anilines is 1. The number of amides is 1. The van der Waals surface area contributed by atoms with Gasteiger partial charge in [0.1, 0.15) is 11.6 Å². The lowest BCUT2D eigenvalue weighted by molar-refractivity contribution is 0.0979. The van der Waals surface area contributed by atoms with Crippen LogP contribution >= 0.6 is 0 Å². The molecule has 2 aliphatic heterocycles. The molecule has 3 heterocycles. The zero-order valence-corrected chi connectivity index (χ0v) is 20.8. The van der Waals surface area contributed by atoms with Crippen LogP contribution in [0.5, 0.6) is 0 Å². The fourth-order valence-corrected chi connectivity index (χ4v) is 6.12. The zero-order chi connectivity index (χ0) is 24.8. The van der Waals surface area contributed by atoms with Crippen molar-refractivity contribution < 1.29 is 17.6 Å². The summed E-state index contributed by atoms with van der Waals surface area (Å²) >= 11 is 0. The second kappa shape index (κ2) is 8.90. The first-order valence-electron chi connectivity index (χ1n) is 11.5. The minimum Gasteiger partial charge on any atom is -0.351 e. The van der Waals surface area contributed by atoms with Gasteiger partial charge in [-0.2, -0.15) is 12.7 Å². The first kappa shape index (κ1) is 24.6. The van der Waals surface area contributed by atoms with Gasteiger partial charge in [0.25, 0.3) is 5.91 Å². The molecule has 10 heteroatoms. The molecule has 0 spiro atoms. The summed E-state index contributed by atoms with van der Waals surface area (Å²) in [5, 5.41) is 0. The monoisotopic (exact) mass is 489 g/mol. The lowest BCUT2D eigenvalue weighted by Gasteiger charge is -2.34. The smallest absolute Gasteiger partial charge is 0.304 e. The molecule has 34 heavy (non-hydrogen) atoms. The van der Waals surface area contributed by atoms with Crippen molar-refractivity contribution in [2.45, 2.75) is 52.1 Å². The van der Waals surface area contributed by atoms with Gasteiger partial charge in [0, 0.05) is 36.8 Å². The number of nitrogens with one attached hydrogen (secondary N) is 1. The third-order valence-corrected chi connectivity index (χ3v) is 8.12. The van der Waals surface area contributed by atoms with Gasteiger partial charge < -0.3 is 10.6 Å². The van der Waals surface area contributed by atoms with Gasteiger partial charge in [-0.05, 0) is 63.3 Å². The van der Waals surface area contributed by atoms with Crippen LogP contribution in [0.1, 0.15) is 49.5 Å². The van der Waals surface area contributed by atoms with Crippen LogP contribution in [0, 0.1) is 18.7 Å². The second-order valence-electron chi connectivity index (χ2n) is 10.1. The fraction of sp³-hybridized carbons (Fsp3) is 0.500. The van der Waals surface area contributed by atoms with Crippen molar-refractivity contribution in [3.05, 3.63) is 47.3 Å². The Morgan fingerprint density at radius 2 is 1.97 bits per heavy atom. The van der Waals surface area contributed by atoms with E-state index >= 15 is 0 Å². The van der Waals surface area contributed by atoms with Crippen molar-refractivity contribution in [3.63, 3.8) is 0 Å². The van der Waals surface area contributed by atoms with Crippen molar-refractivity contribution in [3.8, 4) is 11.3 Å². The Morgan fingerprint density at radius 3 is 2.56 bits per heavy atom. The van der Waals surface area contributed by atoms with Gasteiger partial charge in [-0.25, -0.2) is 14.1 Å². The highest BCUT2D eigenvalue weighted by Gasteiger charge is 2.40. The van der Waals surface area contributed by atoms with Gasteiger partial charge >= 0.3 is 10.2 Å². The predicted octanol–water partition coefficient (Wildman–Crippen LogP) is 2.83. The number of carbonyl (C=O) groups excluding carboxylic acids is 1. The molecule has 1 aromatic carbocycles. The Labute approximate surface area is 200 Å². The van der Waals surface area contributed by atoms with Crippen LogP contribution in [-0.4, -0.2) is 54.8 Å². The van der Waals surface area contributed by atoms with E-state index in [1.165, 1.54) is 10.4 Å². The number of halogens is 1. The van der Waals surface area contributed by atoms with Gasteiger partial charge in [0.2, 0.25) is 0 Å². The van der Waals surface area contributed by atoms with Crippen molar-refractivity contribution in [1.29, 1.82) is 0 Å². The Bertz CT molecular complexity index is 1220. The van der Waals surface area contributed by atoms with Gasteiger partial charge in [0.15, 0.2) is 0 Å². The number of pyridine rings is 1. The third-order valence-electron chi connectivity index (χ3n) is 6.66. The molecule has 3 N–H and O–H groups in total. The van der Waals surface area contributed by atoms with Gasteiger partial charge in [-0.15, -0.1) is 0 Å². The molecule has 1 aromatic heterocycles. The van der Waals surface area contributed by atoms with E-state index in [2.05, 4.69) is 25.5 Å². The molecule has 2 atom stereocenters. The largest absolute Gasteiger partial charge is 0.351 e. The molecule has 2 saturated heterocycles. The summed E-state index contributed by atoms with van der Waals surface area (Å²) in [7, 11) is -4.03. The average Bonchev–Trinajstić information content (AvgIpc) is 3.31. The SMILES string of the molecule is Cc1ccc(-c2ccc(C(=O)NS(=O)(=O)N3CC[C@H](N)C3)c(N3CC(C)CC3(C)C)n2)cc1F. The molecular weight excluding hydrogens is 457 g/mol. The molecular formula is C24H32FN5O3S. The molecule has 1 amide bonds. The van der Waals surface area contributed by atoms with E-state index in [4.69, 9.17) is 10.7 Å². The highest BCUT2D eigenvalue weighted by Crippen LogP contribution is 2.38. The summed E-state index contributed by atoms with van der Waals surface area (Å²) in [6, 6.07) is 7.82. The molecule has 0 radical (unpaired) electrons. The number of aromatic nitrogens is 1. The molecule has 2 aromatic rings. The lowest BCUT2D eigenvalue weighted by Crippen LogP contribution is -2.44. The summed E-state index contributed by atoms with van der Waals surface area (Å²) < 4.78 is 43.2. The van der Waals surface area contributed by atoms with E-state index in [0.717, 1.165) is 6.42 Å². The topological polar surface area (TPSA) is 109 Å². The number of nitrogens with zero attached hydrogens (tertiary/aromatic N) is 3. The lowest BCUT2D eigenvalue weighted by atomic mass is 9.97. The number of aryl methyl sites for hydroxylation is 1. The summed E-state index contributed by atoms with van der Waals surface area (Å²) in [5.74, 6) is -0.339. The average molecular weight is 490 g/mol. The molecule has 184 valence electrons. The van der Waals surface area contributed by atoms with Crippen molar-refractivity contribution in [1.82, 2.24) is 14.0 Å². The van der Waals surface area contributed by atoms with Crippen LogP contribution in [0.4, 0.5) is 10.2 Å². The Hall–Kier alpha value is -2.56. The summed E-state index contributed by atoms with van der Waals surface area (Å²) in [5.41, 5.74) is 7.33. The fourth-order valence-electron chi connectivity index (χ4n) is 4.91. The highest BCUT2D eigenvalue weighted by atomic mass is 32.2. The maximum atomic E-state index is 14.2. The highest BCUT2D eigenvalue weighted by molar-refractivity contribution is 7.87. The van der Waals surface area contributed by atoms with Crippen LogP contribution < -0.4 is 15.4 Å². The third kappa shape index (κ3) is 4.80. The van der Waals surface area contributed by atoms with Crippen molar-refractivity contribution in [2.75, 3.05) is 24.5 Å². The first-order chi connectivity index (χ1) is 15.9. The Morgan fingerprint density at radius 1 is 1.24 bits per heavy atom. The number of rotatable bonds is 5. The van der Waals surface area contributed by atoms with Crippen LogP contribution in [-0.2, 0) is 10.2 Å². The van der Waals surface area contributed by atoms with Gasteiger partial charge in [-0.1, -0.05) is 19.1 Å². The minimum atomic E-state index is -4.03. The van der Waals surface area contributed by atoms with E-state index < -0.39 is 16.1 Å². The summed E-state index contributed by atoms with van der Waals surface area (Å²) in [6.45, 7) is 9.06. The zero-order valence-electron chi connectivity index (χ0n) is 20.0. The molecule has 4 rings (SSSR count). The maximum Gasteiger partial charge on any atom is 0.304 e. The molecule has 0 aliphatic carbocycles. The maximum absolute atomic E-state index is 14.2. The van der Waals surface area contributed by atoms with Crippen LogP contribution in [0.15, 0.2) is 30.3 Å². The molecule has 0 saturated carbocycles. The number of hydrogen-bond donors (Lipinski definition) is 2. The predicted molar refractivity (Wildman–Crippen MR) is 130 cm³/mol. The quantitative estimate of drug-likeness (QED) is 0.669. The number of carbonyl (C=O) groups is 1. The van der Waals surface area contributed by atoms with Gasteiger partial charge in [0.05, 0.1) is 11.3 Å². The molecule has 2 fully saturated rings. The Balaban J connectivity index is 1.74. The summed E-state index contributed by atoms with van der Waals surface area (Å²) in [6.07, 6.45) is 1.44. The van der Waals surface area contributed by atoms with Gasteiger partial charge in [-0.3, -0.25) is 4.79 Å². The number of benzene rings is 1. The van der Waals surface area contributed by atoms with Crippen molar-refractivity contribution in [2.24, 2.45) is 11.7 Å². The Kier molecular flexibility index (Phi) is 6.43. The van der Waals surface area contributed by atoms with E-state index in [1.54, 1.807) is 31.2 Å². The van der Waals surface area contributed by atoms with Crippen LogP contribution in [0.2, 0.25) is 0 Å². The van der Waals surface area contributed by atoms with E-state index in [1.807, 2.05) is 4.90 Å². The van der Waals surface area contributed by atoms with E-state index in [-0.39, 0.29) is 36.1 Å².